The number of sulfone groups is 1. The van der Waals surface area contributed by atoms with Gasteiger partial charge in [0.25, 0.3) is 0 Å². The monoisotopic (exact) mass is 295 g/mol. The van der Waals surface area contributed by atoms with Gasteiger partial charge in [0.15, 0.2) is 9.84 Å². The molecule has 0 radical (unpaired) electrons. The molecule has 1 aromatic carbocycles. The van der Waals surface area contributed by atoms with Gasteiger partial charge in [-0.05, 0) is 43.7 Å². The molecule has 2 rings (SSSR count). The lowest BCUT2D eigenvalue weighted by atomic mass is 9.95. The van der Waals surface area contributed by atoms with E-state index in [1.54, 1.807) is 0 Å². The van der Waals surface area contributed by atoms with Crippen molar-refractivity contribution < 1.29 is 8.42 Å². The average Bonchev–Trinajstić information content (AvgIpc) is 2.77. The molecule has 1 fully saturated rings. The zero-order valence-electron chi connectivity index (χ0n) is 12.2. The maximum absolute atomic E-state index is 11.5. The van der Waals surface area contributed by atoms with Gasteiger partial charge in [0, 0.05) is 6.04 Å². The van der Waals surface area contributed by atoms with Gasteiger partial charge in [0.05, 0.1) is 11.5 Å². The van der Waals surface area contributed by atoms with Crippen molar-refractivity contribution in [1.29, 1.82) is 0 Å². The molecule has 3 nitrogen and oxygen atoms in total. The van der Waals surface area contributed by atoms with Crippen molar-refractivity contribution in [1.82, 2.24) is 5.32 Å². The third-order valence-electron chi connectivity index (χ3n) is 4.06. The standard InChI is InChI=1S/C16H25NO2S/c1-2-17-16(9-8-14-6-4-3-5-7-14)12-15-10-11-20(18,19)13-15/h3-7,15-17H,2,8-13H2,1H3. The van der Waals surface area contributed by atoms with Gasteiger partial charge in [0.1, 0.15) is 0 Å². The van der Waals surface area contributed by atoms with Crippen molar-refractivity contribution in [3.8, 4) is 0 Å². The molecule has 2 atom stereocenters. The Morgan fingerprint density at radius 3 is 2.65 bits per heavy atom. The van der Waals surface area contributed by atoms with Gasteiger partial charge in [-0.3, -0.25) is 0 Å². The molecule has 4 heteroatoms. The van der Waals surface area contributed by atoms with Crippen LogP contribution < -0.4 is 5.32 Å². The summed E-state index contributed by atoms with van der Waals surface area (Å²) in [5.74, 6) is 1.12. The predicted octanol–water partition coefficient (Wildman–Crippen LogP) is 2.42. The molecule has 0 bridgehead atoms. The Hall–Kier alpha value is -0.870. The first-order chi connectivity index (χ1) is 9.59. The van der Waals surface area contributed by atoms with Crippen molar-refractivity contribution in [3.63, 3.8) is 0 Å². The fourth-order valence-corrected chi connectivity index (χ4v) is 4.92. The maximum Gasteiger partial charge on any atom is 0.150 e. The topological polar surface area (TPSA) is 46.2 Å². The highest BCUT2D eigenvalue weighted by atomic mass is 32.2. The SMILES string of the molecule is CCNC(CCc1ccccc1)CC1CCS(=O)(=O)C1. The maximum atomic E-state index is 11.5. The van der Waals surface area contributed by atoms with Crippen LogP contribution in [0.5, 0.6) is 0 Å². The summed E-state index contributed by atoms with van der Waals surface area (Å²) in [6.07, 6.45) is 3.96. The summed E-state index contributed by atoms with van der Waals surface area (Å²) in [7, 11) is -2.75. The predicted molar refractivity (Wildman–Crippen MR) is 83.6 cm³/mol. The second kappa shape index (κ2) is 7.23. The largest absolute Gasteiger partial charge is 0.314 e. The third-order valence-corrected chi connectivity index (χ3v) is 5.90. The van der Waals surface area contributed by atoms with E-state index in [1.807, 2.05) is 6.07 Å². The first-order valence-corrected chi connectivity index (χ1v) is 9.39. The highest BCUT2D eigenvalue weighted by molar-refractivity contribution is 7.91. The summed E-state index contributed by atoms with van der Waals surface area (Å²) in [6.45, 7) is 3.06. The molecule has 2 unspecified atom stereocenters. The van der Waals surface area contributed by atoms with E-state index < -0.39 is 9.84 Å². The van der Waals surface area contributed by atoms with Crippen molar-refractivity contribution in [2.75, 3.05) is 18.1 Å². The molecule has 0 amide bonds. The third kappa shape index (κ3) is 4.91. The van der Waals surface area contributed by atoms with E-state index in [-0.39, 0.29) is 0 Å². The minimum atomic E-state index is -2.75. The van der Waals surface area contributed by atoms with Crippen LogP contribution in [0.3, 0.4) is 0 Å². The van der Waals surface area contributed by atoms with E-state index in [9.17, 15) is 8.42 Å². The summed E-state index contributed by atoms with van der Waals surface area (Å²) >= 11 is 0. The van der Waals surface area contributed by atoms with Crippen LogP contribution in [0, 0.1) is 5.92 Å². The minimum Gasteiger partial charge on any atom is -0.314 e. The first kappa shape index (κ1) is 15.5. The molecule has 1 aliphatic rings. The van der Waals surface area contributed by atoms with Crippen LogP contribution in [0.4, 0.5) is 0 Å². The summed E-state index contributed by atoms with van der Waals surface area (Å²) in [5, 5.41) is 3.51. The van der Waals surface area contributed by atoms with Gasteiger partial charge in [0.2, 0.25) is 0 Å². The van der Waals surface area contributed by atoms with Crippen molar-refractivity contribution >= 4 is 9.84 Å². The molecule has 1 aromatic rings. The first-order valence-electron chi connectivity index (χ1n) is 7.57. The van der Waals surface area contributed by atoms with E-state index in [2.05, 4.69) is 36.5 Å². The molecular formula is C16H25NO2S. The summed E-state index contributed by atoms with van der Waals surface area (Å²) in [4.78, 5) is 0. The van der Waals surface area contributed by atoms with E-state index in [0.29, 0.717) is 23.5 Å². The lowest BCUT2D eigenvalue weighted by molar-refractivity contribution is 0.393. The van der Waals surface area contributed by atoms with Gasteiger partial charge in [-0.15, -0.1) is 0 Å². The van der Waals surface area contributed by atoms with Crippen LogP contribution in [0.25, 0.3) is 0 Å². The van der Waals surface area contributed by atoms with Crippen molar-refractivity contribution in [2.24, 2.45) is 5.92 Å². The molecule has 0 aliphatic carbocycles. The Balaban J connectivity index is 1.84. The van der Waals surface area contributed by atoms with Crippen LogP contribution >= 0.6 is 0 Å². The number of aryl methyl sites for hydroxylation is 1. The molecule has 1 saturated heterocycles. The summed E-state index contributed by atoms with van der Waals surface area (Å²) in [5.41, 5.74) is 1.36. The summed E-state index contributed by atoms with van der Waals surface area (Å²) < 4.78 is 23.1. The van der Waals surface area contributed by atoms with E-state index in [1.165, 1.54) is 5.56 Å². The van der Waals surface area contributed by atoms with E-state index in [4.69, 9.17) is 0 Å². The van der Waals surface area contributed by atoms with Gasteiger partial charge >= 0.3 is 0 Å². The molecule has 0 spiro atoms. The lowest BCUT2D eigenvalue weighted by Gasteiger charge is -2.21. The molecule has 1 heterocycles. The van der Waals surface area contributed by atoms with Crippen LogP contribution in [0.1, 0.15) is 31.7 Å². The number of hydrogen-bond acceptors (Lipinski definition) is 3. The Bertz CT molecular complexity index is 498. The Morgan fingerprint density at radius 2 is 2.05 bits per heavy atom. The highest BCUT2D eigenvalue weighted by Gasteiger charge is 2.29. The summed E-state index contributed by atoms with van der Waals surface area (Å²) in [6, 6.07) is 10.9. The minimum absolute atomic E-state index is 0.347. The molecular weight excluding hydrogens is 270 g/mol. The van der Waals surface area contributed by atoms with Gasteiger partial charge in [-0.1, -0.05) is 37.3 Å². The number of nitrogens with one attached hydrogen (secondary N) is 1. The Kier molecular flexibility index (Phi) is 5.61. The number of benzene rings is 1. The van der Waals surface area contributed by atoms with Gasteiger partial charge in [-0.2, -0.15) is 0 Å². The second-order valence-electron chi connectivity index (χ2n) is 5.78. The van der Waals surface area contributed by atoms with Crippen LogP contribution in [0.15, 0.2) is 30.3 Å². The smallest absolute Gasteiger partial charge is 0.150 e. The molecule has 112 valence electrons. The molecule has 1 N–H and O–H groups in total. The van der Waals surface area contributed by atoms with Crippen molar-refractivity contribution in [3.05, 3.63) is 35.9 Å². The Morgan fingerprint density at radius 1 is 1.30 bits per heavy atom. The quantitative estimate of drug-likeness (QED) is 0.840. The zero-order chi connectivity index (χ0) is 14.4. The Labute approximate surface area is 122 Å². The number of rotatable bonds is 7. The second-order valence-corrected chi connectivity index (χ2v) is 8.01. The van der Waals surface area contributed by atoms with Crippen LogP contribution in [-0.2, 0) is 16.3 Å². The van der Waals surface area contributed by atoms with E-state index in [0.717, 1.165) is 32.2 Å². The molecule has 0 aromatic heterocycles. The van der Waals surface area contributed by atoms with Gasteiger partial charge < -0.3 is 5.32 Å². The van der Waals surface area contributed by atoms with Gasteiger partial charge in [-0.25, -0.2) is 8.42 Å². The average molecular weight is 295 g/mol. The normalized spacial score (nSPS) is 22.8. The highest BCUT2D eigenvalue weighted by Crippen LogP contribution is 2.24. The molecule has 1 aliphatic heterocycles. The zero-order valence-corrected chi connectivity index (χ0v) is 13.0. The fourth-order valence-electron chi connectivity index (χ4n) is 3.04. The number of hydrogen-bond donors (Lipinski definition) is 1. The molecule has 0 saturated carbocycles. The van der Waals surface area contributed by atoms with E-state index >= 15 is 0 Å². The van der Waals surface area contributed by atoms with Crippen molar-refractivity contribution in [2.45, 2.75) is 38.6 Å². The molecule has 20 heavy (non-hydrogen) atoms. The lowest BCUT2D eigenvalue weighted by Crippen LogP contribution is -2.32. The fraction of sp³-hybridized carbons (Fsp3) is 0.625. The van der Waals surface area contributed by atoms with Crippen LogP contribution in [0.2, 0.25) is 0 Å². The van der Waals surface area contributed by atoms with Crippen LogP contribution in [-0.4, -0.2) is 32.5 Å².